The third kappa shape index (κ3) is 2.56. The van der Waals surface area contributed by atoms with Crippen molar-refractivity contribution in [2.24, 2.45) is 11.8 Å². The van der Waals surface area contributed by atoms with Gasteiger partial charge in [0, 0.05) is 23.0 Å². The zero-order valence-electron chi connectivity index (χ0n) is 18.8. The highest BCUT2D eigenvalue weighted by Crippen LogP contribution is 2.74. The number of carbonyl (C=O) groups is 1. The number of benzene rings is 3. The number of hydrogen-bond donors (Lipinski definition) is 0. The van der Waals surface area contributed by atoms with E-state index in [1.807, 2.05) is 29.2 Å². The van der Waals surface area contributed by atoms with Crippen LogP contribution in [0.4, 0.5) is 4.79 Å². The van der Waals surface area contributed by atoms with E-state index in [9.17, 15) is 4.79 Å². The highest BCUT2D eigenvalue weighted by Gasteiger charge is 2.66. The molecule has 2 heterocycles. The van der Waals surface area contributed by atoms with Gasteiger partial charge in [-0.2, -0.15) is 0 Å². The van der Waals surface area contributed by atoms with Crippen molar-refractivity contribution in [3.8, 4) is 11.5 Å². The molecule has 0 aromatic heterocycles. The van der Waals surface area contributed by atoms with Crippen molar-refractivity contribution in [3.05, 3.63) is 95.1 Å². The molecule has 6 rings (SSSR count). The van der Waals surface area contributed by atoms with E-state index in [4.69, 9.17) is 14.2 Å². The molecule has 166 valence electrons. The molecule has 3 aliphatic rings. The Hall–Kier alpha value is -3.73. The summed E-state index contributed by atoms with van der Waals surface area (Å²) in [6, 6.07) is 24.5. The Morgan fingerprint density at radius 3 is 1.45 bits per heavy atom. The van der Waals surface area contributed by atoms with Crippen molar-refractivity contribution >= 4 is 17.2 Å². The van der Waals surface area contributed by atoms with Gasteiger partial charge in [0.25, 0.3) is 0 Å². The smallest absolute Gasteiger partial charge is 0.410 e. The molecule has 0 unspecified atom stereocenters. The van der Waals surface area contributed by atoms with Crippen molar-refractivity contribution < 1.29 is 19.0 Å². The molecule has 3 aromatic rings. The second-order valence-electron chi connectivity index (χ2n) is 8.68. The van der Waals surface area contributed by atoms with Crippen molar-refractivity contribution in [2.45, 2.75) is 12.1 Å². The van der Waals surface area contributed by atoms with Gasteiger partial charge in [-0.1, -0.05) is 60.7 Å². The summed E-state index contributed by atoms with van der Waals surface area (Å²) in [7, 11) is 4.81. The van der Waals surface area contributed by atoms with E-state index < -0.39 is 0 Å². The SMILES string of the molecule is COC(=O)N1[C@@H]2c3c(OC)ccc(OC)c3[C@H]1[C@@H]1C(c3ccccc3)=C(c3ccccc3)[C@@H]12. The van der Waals surface area contributed by atoms with Crippen LogP contribution < -0.4 is 9.47 Å². The molecule has 1 aliphatic carbocycles. The molecule has 3 aromatic carbocycles. The van der Waals surface area contributed by atoms with E-state index >= 15 is 0 Å². The van der Waals surface area contributed by atoms with Crippen LogP contribution in [0.15, 0.2) is 72.8 Å². The van der Waals surface area contributed by atoms with Crippen molar-refractivity contribution in [1.29, 1.82) is 0 Å². The van der Waals surface area contributed by atoms with Crippen LogP contribution in [0.1, 0.15) is 34.3 Å². The van der Waals surface area contributed by atoms with Crippen LogP contribution in [0.5, 0.6) is 11.5 Å². The molecule has 5 nitrogen and oxygen atoms in total. The second kappa shape index (κ2) is 7.41. The van der Waals surface area contributed by atoms with Crippen LogP contribution in [-0.2, 0) is 4.74 Å². The van der Waals surface area contributed by atoms with Gasteiger partial charge < -0.3 is 14.2 Å². The van der Waals surface area contributed by atoms with E-state index in [0.717, 1.165) is 22.6 Å². The lowest BCUT2D eigenvalue weighted by Crippen LogP contribution is -2.33. The Morgan fingerprint density at radius 2 is 1.09 bits per heavy atom. The Bertz CT molecular complexity index is 1180. The predicted molar refractivity (Wildman–Crippen MR) is 126 cm³/mol. The Morgan fingerprint density at radius 1 is 0.667 bits per heavy atom. The van der Waals surface area contributed by atoms with E-state index in [2.05, 4.69) is 48.5 Å². The molecule has 1 fully saturated rings. The first-order valence-electron chi connectivity index (χ1n) is 11.2. The summed E-state index contributed by atoms with van der Waals surface area (Å²) in [5.41, 5.74) is 7.05. The number of carbonyl (C=O) groups excluding carboxylic acids is 1. The van der Waals surface area contributed by atoms with Gasteiger partial charge in [0.15, 0.2) is 0 Å². The van der Waals surface area contributed by atoms with Gasteiger partial charge in [0.05, 0.1) is 33.4 Å². The van der Waals surface area contributed by atoms with E-state index in [1.165, 1.54) is 29.4 Å². The number of fused-ring (bicyclic) bond motifs is 8. The zero-order chi connectivity index (χ0) is 22.7. The third-order valence-corrected chi connectivity index (χ3v) is 7.42. The van der Waals surface area contributed by atoms with Gasteiger partial charge in [-0.05, 0) is 34.4 Å². The van der Waals surface area contributed by atoms with Gasteiger partial charge in [0.2, 0.25) is 0 Å². The lowest BCUT2D eigenvalue weighted by atomic mass is 9.57. The van der Waals surface area contributed by atoms with Gasteiger partial charge in [-0.25, -0.2) is 4.79 Å². The molecule has 1 saturated heterocycles. The molecule has 1 amide bonds. The number of methoxy groups -OCH3 is 3. The molecule has 33 heavy (non-hydrogen) atoms. The molecule has 4 atom stereocenters. The molecule has 2 bridgehead atoms. The fourth-order valence-corrected chi connectivity index (χ4v) is 6.31. The van der Waals surface area contributed by atoms with E-state index in [0.29, 0.717) is 0 Å². The van der Waals surface area contributed by atoms with Gasteiger partial charge in [0.1, 0.15) is 11.5 Å². The minimum atomic E-state index is -0.320. The molecule has 2 aliphatic heterocycles. The summed E-state index contributed by atoms with van der Waals surface area (Å²) in [6.07, 6.45) is -0.320. The molecule has 0 saturated carbocycles. The minimum Gasteiger partial charge on any atom is -0.496 e. The highest BCUT2D eigenvalue weighted by atomic mass is 16.5. The van der Waals surface area contributed by atoms with Crippen LogP contribution in [0.25, 0.3) is 11.1 Å². The maximum absolute atomic E-state index is 13.2. The molecular formula is C28H25NO4. The first-order chi connectivity index (χ1) is 16.2. The summed E-state index contributed by atoms with van der Waals surface area (Å²) < 4.78 is 16.8. The molecule has 0 radical (unpaired) electrons. The average molecular weight is 440 g/mol. The zero-order valence-corrected chi connectivity index (χ0v) is 18.8. The highest BCUT2D eigenvalue weighted by molar-refractivity contribution is 6.02. The van der Waals surface area contributed by atoms with Crippen LogP contribution >= 0.6 is 0 Å². The lowest BCUT2D eigenvalue weighted by Gasteiger charge is -2.44. The monoisotopic (exact) mass is 439 g/mol. The van der Waals surface area contributed by atoms with Crippen molar-refractivity contribution in [3.63, 3.8) is 0 Å². The first kappa shape index (κ1) is 19.9. The molecule has 0 spiro atoms. The Kier molecular flexibility index (Phi) is 4.47. The topological polar surface area (TPSA) is 48.0 Å². The van der Waals surface area contributed by atoms with Gasteiger partial charge in [-0.15, -0.1) is 0 Å². The number of nitrogens with zero attached hydrogens (tertiary/aromatic N) is 1. The maximum Gasteiger partial charge on any atom is 0.410 e. The fraction of sp³-hybridized carbons (Fsp3) is 0.250. The summed E-state index contributed by atoms with van der Waals surface area (Å²) in [4.78, 5) is 15.1. The number of amides is 1. The standard InChI is InChI=1S/C28H25NO4/c1-31-18-14-15-19(32-2)23-22(18)26-24-20(16-10-6-4-7-11-16)21(17-12-8-5-9-13-17)25(24)27(23)29(26)28(30)33-3/h4-15,24-27H,1-3H3/t24-,25+,26+,27-. The second-order valence-corrected chi connectivity index (χ2v) is 8.68. The number of ether oxygens (including phenoxy) is 3. The van der Waals surface area contributed by atoms with Crippen LogP contribution in [-0.4, -0.2) is 32.3 Å². The molecule has 0 N–H and O–H groups in total. The van der Waals surface area contributed by atoms with Crippen molar-refractivity contribution in [1.82, 2.24) is 4.90 Å². The Labute approximate surface area is 193 Å². The van der Waals surface area contributed by atoms with Crippen LogP contribution in [0.2, 0.25) is 0 Å². The molecule has 5 heteroatoms. The minimum absolute atomic E-state index is 0.153. The lowest BCUT2D eigenvalue weighted by molar-refractivity contribution is 0.107. The van der Waals surface area contributed by atoms with Crippen LogP contribution in [0, 0.1) is 11.8 Å². The van der Waals surface area contributed by atoms with Gasteiger partial charge in [-0.3, -0.25) is 4.90 Å². The summed E-state index contributed by atoms with van der Waals surface area (Å²) in [6.45, 7) is 0. The Balaban J connectivity index is 1.62. The van der Waals surface area contributed by atoms with Gasteiger partial charge >= 0.3 is 6.09 Å². The number of rotatable bonds is 4. The van der Waals surface area contributed by atoms with E-state index in [-0.39, 0.29) is 30.0 Å². The summed E-state index contributed by atoms with van der Waals surface area (Å²) >= 11 is 0. The third-order valence-electron chi connectivity index (χ3n) is 7.42. The average Bonchev–Trinajstić information content (AvgIpc) is 3.32. The quantitative estimate of drug-likeness (QED) is 0.520. The van der Waals surface area contributed by atoms with E-state index in [1.54, 1.807) is 14.2 Å². The first-order valence-corrected chi connectivity index (χ1v) is 11.2. The van der Waals surface area contributed by atoms with Crippen LogP contribution in [0.3, 0.4) is 0 Å². The summed E-state index contributed by atoms with van der Waals surface area (Å²) in [5.74, 6) is 1.87. The molecular weight excluding hydrogens is 414 g/mol. The maximum atomic E-state index is 13.2. The largest absolute Gasteiger partial charge is 0.496 e. The predicted octanol–water partition coefficient (Wildman–Crippen LogP) is 5.74. The fourth-order valence-electron chi connectivity index (χ4n) is 6.31. The summed E-state index contributed by atoms with van der Waals surface area (Å²) in [5, 5.41) is 0. The normalized spacial score (nSPS) is 24.2. The number of hydrogen-bond acceptors (Lipinski definition) is 4. The van der Waals surface area contributed by atoms with Crippen molar-refractivity contribution in [2.75, 3.05) is 21.3 Å².